The predicted octanol–water partition coefficient (Wildman–Crippen LogP) is 4.84. The van der Waals surface area contributed by atoms with E-state index in [0.717, 1.165) is 73.2 Å². The number of hydrogen-bond acceptors (Lipinski definition) is 6. The van der Waals surface area contributed by atoms with Crippen LogP contribution in [-0.4, -0.2) is 61.8 Å². The van der Waals surface area contributed by atoms with E-state index in [0.29, 0.717) is 18.7 Å². The lowest BCUT2D eigenvalue weighted by Crippen LogP contribution is -2.39. The number of para-hydroxylation sites is 1. The van der Waals surface area contributed by atoms with Gasteiger partial charge in [0.2, 0.25) is 0 Å². The molecule has 170 valence electrons. The van der Waals surface area contributed by atoms with Crippen LogP contribution in [0, 0.1) is 0 Å². The molecule has 0 spiro atoms. The van der Waals surface area contributed by atoms with E-state index in [1.165, 1.54) is 0 Å². The monoisotopic (exact) mass is 453 g/mol. The molecule has 3 aromatic rings. The van der Waals surface area contributed by atoms with Crippen molar-refractivity contribution in [2.45, 2.75) is 26.2 Å². The number of ether oxygens (including phenoxy) is 2. The molecule has 0 bridgehead atoms. The highest BCUT2D eigenvalue weighted by Gasteiger charge is 2.22. The van der Waals surface area contributed by atoms with Gasteiger partial charge in [-0.15, -0.1) is 0 Å². The largest absolute Gasteiger partial charge is 0.494 e. The number of benzene rings is 2. The fraction of sp³-hybridized carbons (Fsp3) is 0.440. The third kappa shape index (κ3) is 5.85. The molecule has 1 amide bonds. The maximum Gasteiger partial charge on any atom is 0.260 e. The van der Waals surface area contributed by atoms with Crippen molar-refractivity contribution in [1.82, 2.24) is 9.88 Å². The highest BCUT2D eigenvalue weighted by Crippen LogP contribution is 2.30. The van der Waals surface area contributed by atoms with Gasteiger partial charge in [0.15, 0.2) is 5.13 Å². The van der Waals surface area contributed by atoms with E-state index >= 15 is 0 Å². The number of carbonyl (C=O) groups excluding carboxylic acids is 1. The van der Waals surface area contributed by atoms with Gasteiger partial charge in [-0.1, -0.05) is 36.8 Å². The highest BCUT2D eigenvalue weighted by atomic mass is 32.1. The number of thiazole rings is 1. The topological polar surface area (TPSA) is 54.9 Å². The SMILES string of the molecule is CCCCOc1ccc(C(=O)N(CCCN2CCOCC2)c2nc3ccccc3s2)cc1. The Kier molecular flexibility index (Phi) is 8.09. The fourth-order valence-electron chi connectivity index (χ4n) is 3.72. The van der Waals surface area contributed by atoms with Crippen LogP contribution in [0.3, 0.4) is 0 Å². The molecular formula is C25H31N3O3S. The highest BCUT2D eigenvalue weighted by molar-refractivity contribution is 7.22. The molecule has 1 aromatic heterocycles. The van der Waals surface area contributed by atoms with E-state index in [2.05, 4.69) is 17.9 Å². The Balaban J connectivity index is 1.48. The molecule has 0 aliphatic carbocycles. The minimum Gasteiger partial charge on any atom is -0.494 e. The van der Waals surface area contributed by atoms with Gasteiger partial charge in [-0.05, 0) is 49.2 Å². The molecule has 7 heteroatoms. The molecule has 0 atom stereocenters. The van der Waals surface area contributed by atoms with Crippen molar-refractivity contribution in [2.24, 2.45) is 0 Å². The van der Waals surface area contributed by atoms with Crippen molar-refractivity contribution in [3.8, 4) is 5.75 Å². The summed E-state index contributed by atoms with van der Waals surface area (Å²) in [5.41, 5.74) is 1.58. The molecule has 4 rings (SSSR count). The summed E-state index contributed by atoms with van der Waals surface area (Å²) in [5, 5.41) is 0.751. The molecule has 0 radical (unpaired) electrons. The van der Waals surface area contributed by atoms with Gasteiger partial charge in [-0.3, -0.25) is 14.6 Å². The number of unbranched alkanes of at least 4 members (excludes halogenated alkanes) is 1. The standard InChI is InChI=1S/C25H31N3O3S/c1-2-3-17-31-21-11-9-20(10-12-21)24(29)28(14-6-13-27-15-18-30-19-16-27)25-26-22-7-4-5-8-23(22)32-25/h4-5,7-12H,2-3,6,13-19H2,1H3. The van der Waals surface area contributed by atoms with E-state index in [1.54, 1.807) is 11.3 Å². The summed E-state index contributed by atoms with van der Waals surface area (Å²) in [4.78, 5) is 22.5. The van der Waals surface area contributed by atoms with Crippen LogP contribution in [-0.2, 0) is 4.74 Å². The molecule has 2 heterocycles. The number of rotatable bonds is 10. The average molecular weight is 454 g/mol. The number of morpholine rings is 1. The Labute approximate surface area is 193 Å². The van der Waals surface area contributed by atoms with Crippen molar-refractivity contribution < 1.29 is 14.3 Å². The lowest BCUT2D eigenvalue weighted by molar-refractivity contribution is 0.0376. The van der Waals surface area contributed by atoms with E-state index in [-0.39, 0.29) is 5.91 Å². The third-order valence-corrected chi connectivity index (χ3v) is 6.65. The van der Waals surface area contributed by atoms with Crippen molar-refractivity contribution in [2.75, 3.05) is 50.9 Å². The number of fused-ring (bicyclic) bond motifs is 1. The van der Waals surface area contributed by atoms with Gasteiger partial charge in [0.05, 0.1) is 30.0 Å². The first-order chi connectivity index (χ1) is 15.7. The van der Waals surface area contributed by atoms with Gasteiger partial charge in [0, 0.05) is 31.7 Å². The zero-order valence-corrected chi connectivity index (χ0v) is 19.5. The molecule has 6 nitrogen and oxygen atoms in total. The Bertz CT molecular complexity index is 966. The Hall–Kier alpha value is -2.48. The number of amides is 1. The Morgan fingerprint density at radius 1 is 1.12 bits per heavy atom. The summed E-state index contributed by atoms with van der Waals surface area (Å²) in [6, 6.07) is 15.5. The molecule has 32 heavy (non-hydrogen) atoms. The minimum atomic E-state index is -0.0221. The summed E-state index contributed by atoms with van der Waals surface area (Å²) >= 11 is 1.57. The van der Waals surface area contributed by atoms with Gasteiger partial charge >= 0.3 is 0 Å². The molecule has 0 saturated carbocycles. The number of nitrogens with zero attached hydrogens (tertiary/aromatic N) is 3. The summed E-state index contributed by atoms with van der Waals surface area (Å²) in [7, 11) is 0. The molecule has 2 aromatic carbocycles. The summed E-state index contributed by atoms with van der Waals surface area (Å²) in [6.45, 7) is 7.89. The molecule has 1 saturated heterocycles. The lowest BCUT2D eigenvalue weighted by atomic mass is 10.2. The van der Waals surface area contributed by atoms with Crippen molar-refractivity contribution in [3.63, 3.8) is 0 Å². The van der Waals surface area contributed by atoms with Crippen LogP contribution in [0.4, 0.5) is 5.13 Å². The van der Waals surface area contributed by atoms with E-state index in [1.807, 2.05) is 47.4 Å². The van der Waals surface area contributed by atoms with E-state index in [9.17, 15) is 4.79 Å². The molecule has 0 N–H and O–H groups in total. The van der Waals surface area contributed by atoms with Crippen molar-refractivity contribution in [1.29, 1.82) is 0 Å². The molecule has 1 fully saturated rings. The van der Waals surface area contributed by atoms with Crippen LogP contribution in [0.15, 0.2) is 48.5 Å². The predicted molar refractivity (Wildman–Crippen MR) is 130 cm³/mol. The second kappa shape index (κ2) is 11.4. The first-order valence-electron chi connectivity index (χ1n) is 11.4. The minimum absolute atomic E-state index is 0.0221. The van der Waals surface area contributed by atoms with Crippen LogP contribution < -0.4 is 9.64 Å². The number of aromatic nitrogens is 1. The van der Waals surface area contributed by atoms with Gasteiger partial charge < -0.3 is 9.47 Å². The maximum atomic E-state index is 13.5. The van der Waals surface area contributed by atoms with Crippen molar-refractivity contribution in [3.05, 3.63) is 54.1 Å². The summed E-state index contributed by atoms with van der Waals surface area (Å²) in [5.74, 6) is 0.778. The first-order valence-corrected chi connectivity index (χ1v) is 12.3. The van der Waals surface area contributed by atoms with Crippen LogP contribution in [0.5, 0.6) is 5.75 Å². The van der Waals surface area contributed by atoms with Crippen molar-refractivity contribution >= 4 is 32.6 Å². The van der Waals surface area contributed by atoms with Crippen LogP contribution >= 0.6 is 11.3 Å². The quantitative estimate of drug-likeness (QED) is 0.411. The van der Waals surface area contributed by atoms with Crippen LogP contribution in [0.1, 0.15) is 36.5 Å². The zero-order chi connectivity index (χ0) is 22.2. The maximum absolute atomic E-state index is 13.5. The van der Waals surface area contributed by atoms with Gasteiger partial charge in [-0.25, -0.2) is 4.98 Å². The second-order valence-corrected chi connectivity index (χ2v) is 8.96. The first kappa shape index (κ1) is 22.7. The summed E-state index contributed by atoms with van der Waals surface area (Å²) in [6.07, 6.45) is 3.01. The molecular weight excluding hydrogens is 422 g/mol. The zero-order valence-electron chi connectivity index (χ0n) is 18.7. The number of hydrogen-bond donors (Lipinski definition) is 0. The third-order valence-electron chi connectivity index (χ3n) is 5.59. The lowest BCUT2D eigenvalue weighted by Gasteiger charge is -2.27. The summed E-state index contributed by atoms with van der Waals surface area (Å²) < 4.78 is 12.3. The Morgan fingerprint density at radius 2 is 1.91 bits per heavy atom. The van der Waals surface area contributed by atoms with E-state index < -0.39 is 0 Å². The normalized spacial score (nSPS) is 14.5. The number of anilines is 1. The smallest absolute Gasteiger partial charge is 0.260 e. The van der Waals surface area contributed by atoms with Gasteiger partial charge in [0.25, 0.3) is 5.91 Å². The van der Waals surface area contributed by atoms with Gasteiger partial charge in [0.1, 0.15) is 5.75 Å². The Morgan fingerprint density at radius 3 is 2.66 bits per heavy atom. The second-order valence-electron chi connectivity index (χ2n) is 7.95. The molecule has 0 unspecified atom stereocenters. The number of carbonyl (C=O) groups is 1. The van der Waals surface area contributed by atoms with Crippen LogP contribution in [0.2, 0.25) is 0 Å². The average Bonchev–Trinajstić information content (AvgIpc) is 3.27. The van der Waals surface area contributed by atoms with Crippen LogP contribution in [0.25, 0.3) is 10.2 Å². The molecule has 1 aliphatic heterocycles. The molecule has 1 aliphatic rings. The van der Waals surface area contributed by atoms with Gasteiger partial charge in [-0.2, -0.15) is 0 Å². The van der Waals surface area contributed by atoms with E-state index in [4.69, 9.17) is 14.5 Å². The fourth-order valence-corrected chi connectivity index (χ4v) is 4.71.